The standard InChI is InChI=1S/C19H31N3O2.ClH/c1-14-6-5-7-16(12-14)24-11-9-21-18(23)15(2)22-10-8-17(20)19(3,4)13-22;/h5-7,12,15,17H,8-11,13,20H2,1-4H3,(H,21,23);1H. The number of rotatable bonds is 6. The average molecular weight is 370 g/mol. The van der Waals surface area contributed by atoms with Gasteiger partial charge in [0, 0.05) is 19.1 Å². The summed E-state index contributed by atoms with van der Waals surface area (Å²) in [5, 5.41) is 2.97. The molecule has 1 aromatic rings. The molecule has 1 saturated heterocycles. The summed E-state index contributed by atoms with van der Waals surface area (Å²) in [5.74, 6) is 0.887. The van der Waals surface area contributed by atoms with Crippen molar-refractivity contribution in [2.24, 2.45) is 11.1 Å². The third kappa shape index (κ3) is 6.17. The molecular weight excluding hydrogens is 338 g/mol. The molecule has 0 spiro atoms. The molecule has 0 aromatic heterocycles. The number of nitrogens with zero attached hydrogens (tertiary/aromatic N) is 1. The van der Waals surface area contributed by atoms with Crippen molar-refractivity contribution in [2.75, 3.05) is 26.2 Å². The molecule has 0 aliphatic carbocycles. The topological polar surface area (TPSA) is 67.6 Å². The zero-order valence-electron chi connectivity index (χ0n) is 15.7. The molecule has 1 heterocycles. The molecule has 1 fully saturated rings. The van der Waals surface area contributed by atoms with Crippen LogP contribution in [-0.4, -0.2) is 49.1 Å². The number of likely N-dealkylation sites (tertiary alicyclic amines) is 1. The molecule has 1 aromatic carbocycles. The number of carbonyl (C=O) groups excluding carboxylic acids is 1. The molecule has 1 aliphatic heterocycles. The van der Waals surface area contributed by atoms with Crippen molar-refractivity contribution in [3.63, 3.8) is 0 Å². The monoisotopic (exact) mass is 369 g/mol. The number of ether oxygens (including phenoxy) is 1. The van der Waals surface area contributed by atoms with E-state index in [0.29, 0.717) is 13.2 Å². The van der Waals surface area contributed by atoms with Gasteiger partial charge in [-0.05, 0) is 43.4 Å². The molecule has 1 amide bonds. The number of nitrogens with two attached hydrogens (primary N) is 1. The van der Waals surface area contributed by atoms with E-state index < -0.39 is 0 Å². The highest BCUT2D eigenvalue weighted by Crippen LogP contribution is 2.28. The van der Waals surface area contributed by atoms with Crippen molar-refractivity contribution in [3.05, 3.63) is 29.8 Å². The Morgan fingerprint density at radius 1 is 1.48 bits per heavy atom. The number of hydrogen-bond acceptors (Lipinski definition) is 4. The van der Waals surface area contributed by atoms with E-state index in [1.165, 1.54) is 0 Å². The van der Waals surface area contributed by atoms with Crippen LogP contribution in [-0.2, 0) is 4.79 Å². The Labute approximate surface area is 157 Å². The van der Waals surface area contributed by atoms with Crippen LogP contribution < -0.4 is 15.8 Å². The van der Waals surface area contributed by atoms with Gasteiger partial charge in [-0.25, -0.2) is 0 Å². The predicted molar refractivity (Wildman–Crippen MR) is 104 cm³/mol. The summed E-state index contributed by atoms with van der Waals surface area (Å²) in [5.41, 5.74) is 7.38. The van der Waals surface area contributed by atoms with Gasteiger partial charge in [0.15, 0.2) is 0 Å². The number of piperidine rings is 1. The van der Waals surface area contributed by atoms with Crippen LogP contribution in [0.15, 0.2) is 24.3 Å². The van der Waals surface area contributed by atoms with Crippen molar-refractivity contribution in [3.8, 4) is 5.75 Å². The van der Waals surface area contributed by atoms with Gasteiger partial charge in [-0.2, -0.15) is 0 Å². The van der Waals surface area contributed by atoms with Crippen LogP contribution in [0.3, 0.4) is 0 Å². The fraction of sp³-hybridized carbons (Fsp3) is 0.632. The lowest BCUT2D eigenvalue weighted by Gasteiger charge is -2.44. The van der Waals surface area contributed by atoms with Gasteiger partial charge >= 0.3 is 0 Å². The first-order chi connectivity index (χ1) is 11.3. The second-order valence-electron chi connectivity index (χ2n) is 7.49. The van der Waals surface area contributed by atoms with Crippen LogP contribution in [0.25, 0.3) is 0 Å². The first-order valence-electron chi connectivity index (χ1n) is 8.76. The minimum atomic E-state index is -0.143. The molecule has 1 aliphatic rings. The Bertz CT molecular complexity index is 565. The molecule has 2 rings (SSSR count). The van der Waals surface area contributed by atoms with Crippen LogP contribution in [0.5, 0.6) is 5.75 Å². The smallest absolute Gasteiger partial charge is 0.237 e. The molecule has 6 heteroatoms. The van der Waals surface area contributed by atoms with Crippen LogP contribution >= 0.6 is 12.4 Å². The van der Waals surface area contributed by atoms with Gasteiger partial charge in [0.05, 0.1) is 12.6 Å². The second-order valence-corrected chi connectivity index (χ2v) is 7.49. The fourth-order valence-corrected chi connectivity index (χ4v) is 3.11. The molecule has 25 heavy (non-hydrogen) atoms. The van der Waals surface area contributed by atoms with Gasteiger partial charge in [0.2, 0.25) is 5.91 Å². The number of nitrogens with one attached hydrogen (secondary N) is 1. The summed E-state index contributed by atoms with van der Waals surface area (Å²) in [7, 11) is 0. The lowest BCUT2D eigenvalue weighted by molar-refractivity contribution is -0.127. The van der Waals surface area contributed by atoms with Gasteiger partial charge in [-0.3, -0.25) is 9.69 Å². The Balaban J connectivity index is 0.00000312. The van der Waals surface area contributed by atoms with E-state index in [1.54, 1.807) is 0 Å². The zero-order valence-corrected chi connectivity index (χ0v) is 16.6. The van der Waals surface area contributed by atoms with Crippen molar-refractivity contribution in [2.45, 2.75) is 46.2 Å². The van der Waals surface area contributed by atoms with Gasteiger partial charge in [0.25, 0.3) is 0 Å². The van der Waals surface area contributed by atoms with E-state index in [0.717, 1.165) is 30.8 Å². The number of benzene rings is 1. The molecule has 142 valence electrons. The maximum atomic E-state index is 12.4. The van der Waals surface area contributed by atoms with Gasteiger partial charge in [0.1, 0.15) is 12.4 Å². The van der Waals surface area contributed by atoms with E-state index in [4.69, 9.17) is 10.5 Å². The van der Waals surface area contributed by atoms with Crippen molar-refractivity contribution in [1.29, 1.82) is 0 Å². The molecular formula is C19H32ClN3O2. The highest BCUT2D eigenvalue weighted by molar-refractivity contribution is 5.85. The van der Waals surface area contributed by atoms with Crippen LogP contribution in [0, 0.1) is 12.3 Å². The van der Waals surface area contributed by atoms with E-state index in [2.05, 4.69) is 24.1 Å². The lowest BCUT2D eigenvalue weighted by Crippen LogP contribution is -2.57. The minimum absolute atomic E-state index is 0. The first kappa shape index (κ1) is 21.7. The van der Waals surface area contributed by atoms with E-state index >= 15 is 0 Å². The summed E-state index contributed by atoms with van der Waals surface area (Å²) in [6.07, 6.45) is 0.932. The van der Waals surface area contributed by atoms with Crippen molar-refractivity contribution in [1.82, 2.24) is 10.2 Å². The van der Waals surface area contributed by atoms with E-state index in [-0.39, 0.29) is 35.8 Å². The summed E-state index contributed by atoms with van der Waals surface area (Å²) in [6.45, 7) is 11.0. The van der Waals surface area contributed by atoms with Gasteiger partial charge < -0.3 is 15.8 Å². The second kappa shape index (κ2) is 9.41. The third-order valence-corrected chi connectivity index (χ3v) is 4.93. The lowest BCUT2D eigenvalue weighted by atomic mass is 9.79. The molecule has 2 atom stereocenters. The van der Waals surface area contributed by atoms with Crippen molar-refractivity contribution >= 4 is 18.3 Å². The normalized spacial score (nSPS) is 21.1. The summed E-state index contributed by atoms with van der Waals surface area (Å²) in [6, 6.07) is 7.97. The quantitative estimate of drug-likeness (QED) is 0.755. The first-order valence-corrected chi connectivity index (χ1v) is 8.76. The van der Waals surface area contributed by atoms with Gasteiger partial charge in [-0.15, -0.1) is 12.4 Å². The van der Waals surface area contributed by atoms with Gasteiger partial charge in [-0.1, -0.05) is 26.0 Å². The summed E-state index contributed by atoms with van der Waals surface area (Å²) in [4.78, 5) is 14.6. The zero-order chi connectivity index (χ0) is 17.7. The van der Waals surface area contributed by atoms with Crippen LogP contribution in [0.2, 0.25) is 0 Å². The highest BCUT2D eigenvalue weighted by atomic mass is 35.5. The molecule has 0 saturated carbocycles. The largest absolute Gasteiger partial charge is 0.492 e. The van der Waals surface area contributed by atoms with E-state index in [1.807, 2.05) is 38.1 Å². The number of hydrogen-bond donors (Lipinski definition) is 2. The van der Waals surface area contributed by atoms with E-state index in [9.17, 15) is 4.79 Å². The Morgan fingerprint density at radius 2 is 2.20 bits per heavy atom. The maximum Gasteiger partial charge on any atom is 0.237 e. The summed E-state index contributed by atoms with van der Waals surface area (Å²) >= 11 is 0. The molecule has 3 N–H and O–H groups in total. The number of halogens is 1. The Kier molecular flexibility index (Phi) is 8.19. The fourth-order valence-electron chi connectivity index (χ4n) is 3.11. The average Bonchev–Trinajstić information content (AvgIpc) is 2.53. The number of carbonyl (C=O) groups is 1. The number of aryl methyl sites for hydroxylation is 1. The predicted octanol–water partition coefficient (Wildman–Crippen LogP) is 2.36. The molecule has 0 radical (unpaired) electrons. The molecule has 0 bridgehead atoms. The van der Waals surface area contributed by atoms with Crippen molar-refractivity contribution < 1.29 is 9.53 Å². The minimum Gasteiger partial charge on any atom is -0.492 e. The third-order valence-electron chi connectivity index (χ3n) is 4.93. The Morgan fingerprint density at radius 3 is 2.84 bits per heavy atom. The molecule has 2 unspecified atom stereocenters. The van der Waals surface area contributed by atoms with Crippen LogP contribution in [0.4, 0.5) is 0 Å². The molecule has 5 nitrogen and oxygen atoms in total. The SMILES string of the molecule is Cc1cccc(OCCNC(=O)C(C)N2CCC(N)C(C)(C)C2)c1.Cl. The Hall–Kier alpha value is -1.30. The maximum absolute atomic E-state index is 12.4. The van der Waals surface area contributed by atoms with Crippen LogP contribution in [0.1, 0.15) is 32.8 Å². The highest BCUT2D eigenvalue weighted by Gasteiger charge is 2.36. The summed E-state index contributed by atoms with van der Waals surface area (Å²) < 4.78 is 5.66. The number of amides is 1.